The summed E-state index contributed by atoms with van der Waals surface area (Å²) in [6.45, 7) is 7.55. The minimum Gasteiger partial charge on any atom is -0.462 e. The third kappa shape index (κ3) is 6.08. The van der Waals surface area contributed by atoms with Crippen LogP contribution < -0.4 is 5.32 Å². The summed E-state index contributed by atoms with van der Waals surface area (Å²) in [6.07, 6.45) is 0.158. The highest BCUT2D eigenvalue weighted by atomic mass is 32.2. The first-order valence-electron chi connectivity index (χ1n) is 9.40. The van der Waals surface area contributed by atoms with E-state index in [2.05, 4.69) is 12.2 Å². The van der Waals surface area contributed by atoms with Gasteiger partial charge < -0.3 is 14.8 Å². The molecule has 156 valence electrons. The molecule has 29 heavy (non-hydrogen) atoms. The lowest BCUT2D eigenvalue weighted by molar-refractivity contribution is -0.115. The fourth-order valence-corrected chi connectivity index (χ4v) is 4.44. The summed E-state index contributed by atoms with van der Waals surface area (Å²) < 4.78 is 10.2. The van der Waals surface area contributed by atoms with Crippen LogP contribution in [-0.2, 0) is 20.7 Å². The maximum atomic E-state index is 12.6. The van der Waals surface area contributed by atoms with Gasteiger partial charge in [-0.15, -0.1) is 23.1 Å². The van der Waals surface area contributed by atoms with E-state index in [0.717, 1.165) is 27.5 Å². The van der Waals surface area contributed by atoms with Gasteiger partial charge in [-0.1, -0.05) is 19.1 Å². The van der Waals surface area contributed by atoms with Crippen molar-refractivity contribution in [2.45, 2.75) is 39.0 Å². The summed E-state index contributed by atoms with van der Waals surface area (Å²) in [5.41, 5.74) is 1.51. The zero-order chi connectivity index (χ0) is 21.4. The van der Waals surface area contributed by atoms with Gasteiger partial charge >= 0.3 is 11.9 Å². The lowest BCUT2D eigenvalue weighted by Crippen LogP contribution is -2.16. The van der Waals surface area contributed by atoms with E-state index in [1.54, 1.807) is 32.5 Å². The van der Waals surface area contributed by atoms with E-state index in [-0.39, 0.29) is 36.0 Å². The van der Waals surface area contributed by atoms with Crippen molar-refractivity contribution < 1.29 is 23.9 Å². The molecule has 0 spiro atoms. The number of hydrogen-bond acceptors (Lipinski definition) is 7. The van der Waals surface area contributed by atoms with Crippen molar-refractivity contribution in [3.05, 3.63) is 45.8 Å². The molecule has 0 aliphatic heterocycles. The smallest absolute Gasteiger partial charge is 0.348 e. The van der Waals surface area contributed by atoms with Crippen LogP contribution in [0.15, 0.2) is 29.2 Å². The highest BCUT2D eigenvalue weighted by Gasteiger charge is 2.27. The van der Waals surface area contributed by atoms with Crippen molar-refractivity contribution in [3.63, 3.8) is 0 Å². The van der Waals surface area contributed by atoms with Gasteiger partial charge in [0.1, 0.15) is 9.88 Å². The van der Waals surface area contributed by atoms with Crippen LogP contribution in [-0.4, -0.2) is 36.8 Å². The van der Waals surface area contributed by atoms with Crippen LogP contribution in [0.4, 0.5) is 5.00 Å². The summed E-state index contributed by atoms with van der Waals surface area (Å²) in [5.74, 6) is -0.391. The first kappa shape index (κ1) is 23.0. The largest absolute Gasteiger partial charge is 0.462 e. The van der Waals surface area contributed by atoms with Crippen LogP contribution in [0.25, 0.3) is 0 Å². The van der Waals surface area contributed by atoms with E-state index in [1.165, 1.54) is 0 Å². The number of anilines is 1. The normalized spacial score (nSPS) is 10.5. The Labute approximate surface area is 179 Å². The molecule has 8 heteroatoms. The molecule has 1 aromatic carbocycles. The van der Waals surface area contributed by atoms with Gasteiger partial charge in [0.15, 0.2) is 0 Å². The molecule has 0 aliphatic carbocycles. The van der Waals surface area contributed by atoms with E-state index in [0.29, 0.717) is 10.6 Å². The molecule has 0 fully saturated rings. The Kier molecular flexibility index (Phi) is 8.72. The molecular formula is C21H25NO5S2. The summed E-state index contributed by atoms with van der Waals surface area (Å²) in [7, 11) is 0. The number of carbonyl (C=O) groups is 3. The summed E-state index contributed by atoms with van der Waals surface area (Å²) in [4.78, 5) is 38.6. The second-order valence-corrected chi connectivity index (χ2v) is 8.36. The number of esters is 2. The number of ether oxygens (including phenoxy) is 2. The SMILES string of the molecule is CCOC(=O)c1sc(NC(=O)Cc2ccc(SCC)cc2)c(C(=O)OCC)c1C. The minimum atomic E-state index is -0.576. The number of nitrogens with one attached hydrogen (secondary N) is 1. The molecule has 1 heterocycles. The maximum absolute atomic E-state index is 12.6. The Morgan fingerprint density at radius 2 is 1.62 bits per heavy atom. The molecule has 6 nitrogen and oxygen atoms in total. The topological polar surface area (TPSA) is 81.7 Å². The quantitative estimate of drug-likeness (QED) is 0.454. The zero-order valence-electron chi connectivity index (χ0n) is 17.0. The molecule has 0 atom stereocenters. The highest BCUT2D eigenvalue weighted by Crippen LogP contribution is 2.34. The number of thioether (sulfide) groups is 1. The second-order valence-electron chi connectivity index (χ2n) is 6.00. The Hall–Kier alpha value is -2.32. The van der Waals surface area contributed by atoms with E-state index in [1.807, 2.05) is 24.3 Å². The number of amides is 1. The third-order valence-corrected chi connectivity index (χ3v) is 6.02. The molecule has 1 N–H and O–H groups in total. The van der Waals surface area contributed by atoms with Crippen LogP contribution in [0.3, 0.4) is 0 Å². The number of rotatable bonds is 9. The van der Waals surface area contributed by atoms with Gasteiger partial charge in [0.05, 0.1) is 25.2 Å². The summed E-state index contributed by atoms with van der Waals surface area (Å²) in [5, 5.41) is 3.06. The van der Waals surface area contributed by atoms with Gasteiger partial charge in [0.2, 0.25) is 5.91 Å². The van der Waals surface area contributed by atoms with E-state index in [9.17, 15) is 14.4 Å². The molecule has 0 aliphatic rings. The van der Waals surface area contributed by atoms with Crippen LogP contribution in [0, 0.1) is 6.92 Å². The number of benzene rings is 1. The van der Waals surface area contributed by atoms with Crippen molar-refractivity contribution >= 4 is 45.9 Å². The number of thiophene rings is 1. The van der Waals surface area contributed by atoms with Crippen molar-refractivity contribution in [1.29, 1.82) is 0 Å². The third-order valence-electron chi connectivity index (χ3n) is 3.94. The van der Waals surface area contributed by atoms with Crippen molar-refractivity contribution in [1.82, 2.24) is 0 Å². The van der Waals surface area contributed by atoms with Crippen molar-refractivity contribution in [2.75, 3.05) is 24.3 Å². The molecule has 0 saturated heterocycles. The summed E-state index contributed by atoms with van der Waals surface area (Å²) in [6, 6.07) is 7.78. The first-order chi connectivity index (χ1) is 13.9. The van der Waals surface area contributed by atoms with Crippen molar-refractivity contribution in [2.24, 2.45) is 0 Å². The van der Waals surface area contributed by atoms with E-state index >= 15 is 0 Å². The van der Waals surface area contributed by atoms with Crippen LogP contribution >= 0.6 is 23.1 Å². The van der Waals surface area contributed by atoms with Crippen LogP contribution in [0.5, 0.6) is 0 Å². The predicted octanol–water partition coefficient (Wildman–Crippen LogP) is 4.70. The monoisotopic (exact) mass is 435 g/mol. The van der Waals surface area contributed by atoms with Gasteiger partial charge in [-0.3, -0.25) is 4.79 Å². The van der Waals surface area contributed by atoms with Gasteiger partial charge in [0.25, 0.3) is 0 Å². The van der Waals surface area contributed by atoms with Crippen LogP contribution in [0.1, 0.15) is 51.9 Å². The molecule has 2 rings (SSSR count). The minimum absolute atomic E-state index is 0.158. The molecular weight excluding hydrogens is 410 g/mol. The Balaban J connectivity index is 2.22. The number of hydrogen-bond donors (Lipinski definition) is 1. The lowest BCUT2D eigenvalue weighted by Gasteiger charge is -2.07. The zero-order valence-corrected chi connectivity index (χ0v) is 18.6. The second kappa shape index (κ2) is 11.0. The first-order valence-corrected chi connectivity index (χ1v) is 11.2. The van der Waals surface area contributed by atoms with Gasteiger partial charge in [-0.2, -0.15) is 0 Å². The lowest BCUT2D eigenvalue weighted by atomic mass is 10.1. The predicted molar refractivity (Wildman–Crippen MR) is 116 cm³/mol. The molecule has 0 saturated carbocycles. The maximum Gasteiger partial charge on any atom is 0.348 e. The Morgan fingerprint density at radius 3 is 2.21 bits per heavy atom. The average molecular weight is 436 g/mol. The molecule has 0 radical (unpaired) electrons. The van der Waals surface area contributed by atoms with E-state index < -0.39 is 11.9 Å². The molecule has 1 aromatic heterocycles. The van der Waals surface area contributed by atoms with Gasteiger partial charge in [0, 0.05) is 4.90 Å². The Bertz CT molecular complexity index is 874. The molecule has 0 unspecified atom stereocenters. The fraction of sp³-hybridized carbons (Fsp3) is 0.381. The molecule has 1 amide bonds. The number of carbonyl (C=O) groups excluding carboxylic acids is 3. The van der Waals surface area contributed by atoms with Crippen molar-refractivity contribution in [3.8, 4) is 0 Å². The Morgan fingerprint density at radius 1 is 1.00 bits per heavy atom. The average Bonchev–Trinajstić information content (AvgIpc) is 3.00. The van der Waals surface area contributed by atoms with Gasteiger partial charge in [-0.25, -0.2) is 9.59 Å². The van der Waals surface area contributed by atoms with Crippen LogP contribution in [0.2, 0.25) is 0 Å². The highest BCUT2D eigenvalue weighted by molar-refractivity contribution is 7.99. The van der Waals surface area contributed by atoms with Gasteiger partial charge in [-0.05, 0) is 49.8 Å². The van der Waals surface area contributed by atoms with E-state index in [4.69, 9.17) is 9.47 Å². The standard InChI is InChI=1S/C21H25NO5S2/c1-5-26-20(24)17-13(4)18(21(25)27-6-2)29-19(17)22-16(23)12-14-8-10-15(11-9-14)28-7-3/h8-11H,5-7,12H2,1-4H3,(H,22,23). The summed E-state index contributed by atoms with van der Waals surface area (Å²) >= 11 is 2.76. The molecule has 0 bridgehead atoms. The molecule has 2 aromatic rings. The fourth-order valence-electron chi connectivity index (χ4n) is 2.67.